The molecule has 0 bridgehead atoms. The van der Waals surface area contributed by atoms with E-state index >= 15 is 0 Å². The van der Waals surface area contributed by atoms with Gasteiger partial charge in [0.15, 0.2) is 0 Å². The van der Waals surface area contributed by atoms with Crippen LogP contribution in [0.1, 0.15) is 5.56 Å². The van der Waals surface area contributed by atoms with Crippen molar-refractivity contribution in [3.63, 3.8) is 0 Å². The number of pyridine rings is 1. The second-order valence-electron chi connectivity index (χ2n) is 9.83. The van der Waals surface area contributed by atoms with Crippen LogP contribution in [-0.2, 0) is 21.1 Å². The monoisotopic (exact) mass is 734 g/mol. The molecule has 0 saturated heterocycles. The molecule has 0 saturated carbocycles. The van der Waals surface area contributed by atoms with Gasteiger partial charge in [0.25, 0.3) is 0 Å². The van der Waals surface area contributed by atoms with Crippen molar-refractivity contribution in [2.24, 2.45) is 0 Å². The zero-order valence-corrected chi connectivity index (χ0v) is 25.0. The molecule has 7 rings (SSSR count). The van der Waals surface area contributed by atoms with Gasteiger partial charge in [-0.2, -0.15) is 5.26 Å². The van der Waals surface area contributed by atoms with Crippen LogP contribution < -0.4 is 0 Å². The molecule has 43 heavy (non-hydrogen) atoms. The van der Waals surface area contributed by atoms with Crippen LogP contribution >= 0.6 is 0 Å². The summed E-state index contributed by atoms with van der Waals surface area (Å²) in [7, 11) is 0. The zero-order valence-electron chi connectivity index (χ0n) is 22.8. The molecule has 0 unspecified atom stereocenters. The Hall–Kier alpha value is -5.30. The number of benzene rings is 5. The molecule has 0 aliphatic heterocycles. The quantitative estimate of drug-likeness (QED) is 0.180. The molecule has 0 amide bonds. The van der Waals surface area contributed by atoms with Crippen LogP contribution in [0.15, 0.2) is 134 Å². The molecule has 0 fully saturated rings. The average molecular weight is 735 g/mol. The predicted molar refractivity (Wildman–Crippen MR) is 166 cm³/mol. The van der Waals surface area contributed by atoms with E-state index in [2.05, 4.69) is 46.0 Å². The largest absolute Gasteiger partial charge is 0.507 e. The van der Waals surface area contributed by atoms with Gasteiger partial charge in [-0.05, 0) is 42.0 Å². The molecule has 5 nitrogen and oxygen atoms in total. The molecule has 7 aromatic rings. The van der Waals surface area contributed by atoms with E-state index in [-0.39, 0.29) is 26.8 Å². The molecule has 0 radical (unpaired) electrons. The number of imidazole rings is 1. The van der Waals surface area contributed by atoms with E-state index in [1.54, 1.807) is 24.4 Å². The summed E-state index contributed by atoms with van der Waals surface area (Å²) in [5.74, 6) is 0.784. The Kier molecular flexibility index (Phi) is 7.70. The number of nitrogens with zero attached hydrogens (tertiary/aromatic N) is 4. The van der Waals surface area contributed by atoms with Gasteiger partial charge in [-0.15, -0.1) is 29.8 Å². The maximum Gasteiger partial charge on any atom is 0.148 e. The second kappa shape index (κ2) is 11.9. The summed E-state index contributed by atoms with van der Waals surface area (Å²) < 4.78 is 2.12. The molecule has 0 aliphatic rings. The van der Waals surface area contributed by atoms with Crippen molar-refractivity contribution in [2.75, 3.05) is 0 Å². The minimum Gasteiger partial charge on any atom is -0.507 e. The first-order valence-electron chi connectivity index (χ1n) is 13.6. The summed E-state index contributed by atoms with van der Waals surface area (Å²) in [4.78, 5) is 9.64. The number of para-hydroxylation sites is 3. The molecule has 5 aromatic carbocycles. The maximum atomic E-state index is 11.0. The van der Waals surface area contributed by atoms with Crippen LogP contribution in [0.25, 0.3) is 61.6 Å². The van der Waals surface area contributed by atoms with Crippen molar-refractivity contribution in [2.45, 2.75) is 0 Å². The summed E-state index contributed by atoms with van der Waals surface area (Å²) >= 11 is 0. The van der Waals surface area contributed by atoms with Gasteiger partial charge in [0, 0.05) is 44.1 Å². The van der Waals surface area contributed by atoms with Gasteiger partial charge in [0.1, 0.15) is 11.6 Å². The number of nitriles is 1. The van der Waals surface area contributed by atoms with Gasteiger partial charge >= 0.3 is 0 Å². The zero-order chi connectivity index (χ0) is 28.5. The first kappa shape index (κ1) is 27.8. The third-order valence-corrected chi connectivity index (χ3v) is 7.33. The summed E-state index contributed by atoms with van der Waals surface area (Å²) in [6.45, 7) is 0. The van der Waals surface area contributed by atoms with Crippen molar-refractivity contribution in [1.29, 1.82) is 5.26 Å². The van der Waals surface area contributed by atoms with Crippen LogP contribution in [0.3, 0.4) is 0 Å². The van der Waals surface area contributed by atoms with Crippen molar-refractivity contribution < 1.29 is 26.2 Å². The van der Waals surface area contributed by atoms with Gasteiger partial charge in [0.2, 0.25) is 0 Å². The van der Waals surface area contributed by atoms with E-state index in [9.17, 15) is 10.4 Å². The maximum absolute atomic E-state index is 11.0. The summed E-state index contributed by atoms with van der Waals surface area (Å²) in [6, 6.07) is 46.9. The number of rotatable bonds is 5. The Balaban J connectivity index is 0.00000329. The molecule has 0 atom stereocenters. The number of phenols is 1. The van der Waals surface area contributed by atoms with Crippen molar-refractivity contribution in [1.82, 2.24) is 14.5 Å². The topological polar surface area (TPSA) is 74.7 Å². The van der Waals surface area contributed by atoms with Gasteiger partial charge in [-0.1, -0.05) is 83.9 Å². The smallest absolute Gasteiger partial charge is 0.148 e. The molecule has 2 heterocycles. The van der Waals surface area contributed by atoms with Crippen LogP contribution in [-0.4, -0.2) is 19.6 Å². The number of phenolic OH excluding ortho intramolecular Hbond substituents is 1. The number of aromatic hydroxyl groups is 1. The van der Waals surface area contributed by atoms with E-state index in [4.69, 9.17) is 4.98 Å². The van der Waals surface area contributed by atoms with Gasteiger partial charge in [-0.3, -0.25) is 9.55 Å². The number of hydrogen-bond donors (Lipinski definition) is 1. The second-order valence-corrected chi connectivity index (χ2v) is 9.83. The molecule has 208 valence electrons. The van der Waals surface area contributed by atoms with E-state index in [1.165, 1.54) is 0 Å². The fourth-order valence-electron chi connectivity index (χ4n) is 5.41. The van der Waals surface area contributed by atoms with Crippen molar-refractivity contribution >= 4 is 11.0 Å². The van der Waals surface area contributed by atoms with Gasteiger partial charge in [-0.25, -0.2) is 4.98 Å². The Morgan fingerprint density at radius 2 is 1.37 bits per heavy atom. The van der Waals surface area contributed by atoms with Gasteiger partial charge < -0.3 is 5.11 Å². The van der Waals surface area contributed by atoms with Crippen LogP contribution in [0.4, 0.5) is 0 Å². The normalized spacial score (nSPS) is 10.7. The van der Waals surface area contributed by atoms with E-state index in [0.29, 0.717) is 22.6 Å². The Bertz CT molecular complexity index is 2130. The molecule has 0 spiro atoms. The third-order valence-electron chi connectivity index (χ3n) is 7.33. The third kappa shape index (κ3) is 5.03. The minimum atomic E-state index is 0. The SMILES string of the molecule is N#Cc1cccnc1-c1[c-]c(-c2cccc3c2nc(-c2ccccc2O)n3-c2ccccc2-c2ccccc2)ccc1.[Pt]. The van der Waals surface area contributed by atoms with Crippen molar-refractivity contribution in [3.05, 3.63) is 145 Å². The molecular weight excluding hydrogens is 712 g/mol. The van der Waals surface area contributed by atoms with E-state index < -0.39 is 0 Å². The van der Waals surface area contributed by atoms with Gasteiger partial charge in [0.05, 0.1) is 28.4 Å². The number of aromatic nitrogens is 3. The molecule has 6 heteroatoms. The van der Waals surface area contributed by atoms with Crippen molar-refractivity contribution in [3.8, 4) is 62.4 Å². The number of fused-ring (bicyclic) bond motifs is 1. The Morgan fingerprint density at radius 1 is 0.674 bits per heavy atom. The fraction of sp³-hybridized carbons (Fsp3) is 0. The van der Waals surface area contributed by atoms with E-state index in [0.717, 1.165) is 44.5 Å². The predicted octanol–water partition coefficient (Wildman–Crippen LogP) is 8.46. The summed E-state index contributed by atoms with van der Waals surface area (Å²) in [5.41, 5.74) is 8.91. The molecule has 2 aromatic heterocycles. The summed E-state index contributed by atoms with van der Waals surface area (Å²) in [5, 5.41) is 20.6. The Morgan fingerprint density at radius 3 is 2.19 bits per heavy atom. The molecular formula is C37H23N4OPt-. The first-order chi connectivity index (χ1) is 20.7. The average Bonchev–Trinajstić information content (AvgIpc) is 3.45. The van der Waals surface area contributed by atoms with Crippen LogP contribution in [0.2, 0.25) is 0 Å². The van der Waals surface area contributed by atoms with E-state index in [1.807, 2.05) is 84.9 Å². The number of hydrogen-bond acceptors (Lipinski definition) is 4. The summed E-state index contributed by atoms with van der Waals surface area (Å²) in [6.07, 6.45) is 1.68. The Labute approximate surface area is 263 Å². The fourth-order valence-corrected chi connectivity index (χ4v) is 5.41. The molecule has 0 aliphatic carbocycles. The standard InChI is InChI=1S/C37H23N4O.Pt/c38-24-28-15-10-22-39-35(28)27-14-8-13-26(23-27)30-18-9-20-33-36(30)40-37(31-17-5-7-21-34(31)42)41(33)32-19-6-4-16-29(32)25-11-2-1-3-12-25;/h1-22,42H;/q-1;. The first-order valence-corrected chi connectivity index (χ1v) is 13.6. The molecule has 1 N–H and O–H groups in total. The minimum absolute atomic E-state index is 0. The van der Waals surface area contributed by atoms with Crippen LogP contribution in [0, 0.1) is 17.4 Å². The van der Waals surface area contributed by atoms with Crippen LogP contribution in [0.5, 0.6) is 5.75 Å².